The zero-order chi connectivity index (χ0) is 14.5. The molecule has 0 aliphatic carbocycles. The summed E-state index contributed by atoms with van der Waals surface area (Å²) in [4.78, 5) is 7.32. The molecule has 1 aromatic carbocycles. The molecule has 0 unspecified atom stereocenters. The molecule has 7 heteroatoms. The van der Waals surface area contributed by atoms with Crippen molar-refractivity contribution in [3.63, 3.8) is 0 Å². The van der Waals surface area contributed by atoms with E-state index in [0.717, 1.165) is 15.6 Å². The van der Waals surface area contributed by atoms with E-state index in [4.69, 9.17) is 22.6 Å². The fraction of sp³-hybridized carbons (Fsp3) is 0.154. The third-order valence-electron chi connectivity index (χ3n) is 2.56. The maximum absolute atomic E-state index is 9.04. The number of halogens is 1. The molecule has 0 aliphatic heterocycles. The van der Waals surface area contributed by atoms with Gasteiger partial charge in [-0.05, 0) is 34.6 Å². The Morgan fingerprint density at radius 3 is 2.85 bits per heavy atom. The SMILES string of the molecule is CSc1[nH+]c(SCc2ccccc2Cl)nc(N)c1C#N. The van der Waals surface area contributed by atoms with E-state index in [1.165, 1.54) is 23.5 Å². The number of rotatable bonds is 4. The number of nitrogen functional groups attached to an aromatic ring is 1. The average Bonchev–Trinajstić information content (AvgIpc) is 2.45. The van der Waals surface area contributed by atoms with E-state index in [-0.39, 0.29) is 5.82 Å². The average molecular weight is 324 g/mol. The highest BCUT2D eigenvalue weighted by atomic mass is 35.5. The van der Waals surface area contributed by atoms with Gasteiger partial charge < -0.3 is 5.73 Å². The largest absolute Gasteiger partial charge is 0.362 e. The third kappa shape index (κ3) is 3.37. The Kier molecular flexibility index (Phi) is 5.12. The summed E-state index contributed by atoms with van der Waals surface area (Å²) >= 11 is 9.04. The Balaban J connectivity index is 2.21. The molecule has 0 aliphatic rings. The summed E-state index contributed by atoms with van der Waals surface area (Å²) in [5, 5.41) is 11.2. The molecule has 0 spiro atoms. The van der Waals surface area contributed by atoms with Gasteiger partial charge >= 0.3 is 5.16 Å². The molecule has 0 fully saturated rings. The van der Waals surface area contributed by atoms with E-state index < -0.39 is 0 Å². The normalized spacial score (nSPS) is 10.2. The molecular formula is C13H12ClN4S2+. The number of nitriles is 1. The topological polar surface area (TPSA) is 76.8 Å². The van der Waals surface area contributed by atoms with Crippen LogP contribution in [0, 0.1) is 11.3 Å². The van der Waals surface area contributed by atoms with E-state index in [0.29, 0.717) is 16.5 Å². The Morgan fingerprint density at radius 2 is 2.20 bits per heavy atom. The van der Waals surface area contributed by atoms with Crippen LogP contribution in [-0.2, 0) is 5.75 Å². The maximum Gasteiger partial charge on any atom is 0.360 e. The summed E-state index contributed by atoms with van der Waals surface area (Å²) in [6, 6.07) is 9.72. The fourth-order valence-corrected chi connectivity index (χ4v) is 3.34. The molecule has 0 atom stereocenters. The van der Waals surface area contributed by atoms with Crippen LogP contribution < -0.4 is 10.7 Å². The number of aromatic nitrogens is 2. The van der Waals surface area contributed by atoms with Gasteiger partial charge in [0.25, 0.3) is 5.82 Å². The Bertz CT molecular complexity index is 670. The molecule has 3 N–H and O–H groups in total. The van der Waals surface area contributed by atoms with Crippen LogP contribution in [0.3, 0.4) is 0 Å². The first-order valence-electron chi connectivity index (χ1n) is 5.68. The number of anilines is 1. The van der Waals surface area contributed by atoms with Crippen LogP contribution in [0.15, 0.2) is 34.4 Å². The predicted octanol–water partition coefficient (Wildman–Crippen LogP) is 3.02. The molecule has 102 valence electrons. The van der Waals surface area contributed by atoms with Gasteiger partial charge in [0.1, 0.15) is 6.07 Å². The van der Waals surface area contributed by atoms with Crippen LogP contribution >= 0.6 is 35.1 Å². The van der Waals surface area contributed by atoms with Crippen LogP contribution in [0.2, 0.25) is 5.02 Å². The molecule has 0 radical (unpaired) electrons. The zero-order valence-corrected chi connectivity index (χ0v) is 13.1. The summed E-state index contributed by atoms with van der Waals surface area (Å²) in [5.74, 6) is 0.930. The number of aromatic amines is 1. The zero-order valence-electron chi connectivity index (χ0n) is 10.7. The van der Waals surface area contributed by atoms with Gasteiger partial charge in [-0.25, -0.2) is 4.98 Å². The quantitative estimate of drug-likeness (QED) is 0.531. The second-order valence-corrected chi connectivity index (χ2v) is 6.02. The molecule has 1 aromatic heterocycles. The molecular weight excluding hydrogens is 312 g/mol. The lowest BCUT2D eigenvalue weighted by molar-refractivity contribution is -0.478. The monoisotopic (exact) mass is 323 g/mol. The van der Waals surface area contributed by atoms with Crippen molar-refractivity contribution in [3.8, 4) is 6.07 Å². The van der Waals surface area contributed by atoms with Crippen molar-refractivity contribution in [2.24, 2.45) is 0 Å². The van der Waals surface area contributed by atoms with Gasteiger partial charge in [-0.15, -0.1) is 0 Å². The van der Waals surface area contributed by atoms with Gasteiger partial charge in [0.05, 0.1) is 0 Å². The number of nitrogens with one attached hydrogen (secondary N) is 1. The first kappa shape index (κ1) is 15.0. The molecule has 0 saturated heterocycles. The summed E-state index contributed by atoms with van der Waals surface area (Å²) < 4.78 is 0. The highest BCUT2D eigenvalue weighted by Gasteiger charge is 2.19. The number of nitrogens with zero attached hydrogens (tertiary/aromatic N) is 2. The predicted molar refractivity (Wildman–Crippen MR) is 82.7 cm³/mol. The first-order chi connectivity index (χ1) is 9.65. The Morgan fingerprint density at radius 1 is 1.45 bits per heavy atom. The smallest absolute Gasteiger partial charge is 0.360 e. The van der Waals surface area contributed by atoms with Crippen molar-refractivity contribution in [2.45, 2.75) is 15.9 Å². The van der Waals surface area contributed by atoms with Crippen molar-refractivity contribution in [2.75, 3.05) is 12.0 Å². The number of hydrogen-bond acceptors (Lipinski definition) is 5. The van der Waals surface area contributed by atoms with Gasteiger partial charge in [-0.1, -0.05) is 41.6 Å². The summed E-state index contributed by atoms with van der Waals surface area (Å²) in [6.07, 6.45) is 1.88. The molecule has 4 nitrogen and oxygen atoms in total. The van der Waals surface area contributed by atoms with Crippen LogP contribution in [-0.4, -0.2) is 11.2 Å². The maximum atomic E-state index is 9.04. The van der Waals surface area contributed by atoms with E-state index >= 15 is 0 Å². The molecule has 20 heavy (non-hydrogen) atoms. The van der Waals surface area contributed by atoms with Crippen molar-refractivity contribution in [1.29, 1.82) is 5.26 Å². The molecule has 0 bridgehead atoms. The second-order valence-electron chi connectivity index (χ2n) is 3.83. The van der Waals surface area contributed by atoms with Gasteiger partial charge in [-0.2, -0.15) is 5.26 Å². The number of H-pyrrole nitrogens is 1. The van der Waals surface area contributed by atoms with Crippen molar-refractivity contribution >= 4 is 40.9 Å². The minimum atomic E-state index is 0.247. The molecule has 0 saturated carbocycles. The third-order valence-corrected chi connectivity index (χ3v) is 4.57. The van der Waals surface area contributed by atoms with Gasteiger partial charge in [0, 0.05) is 10.8 Å². The minimum absolute atomic E-state index is 0.247. The highest BCUT2D eigenvalue weighted by Crippen LogP contribution is 2.26. The van der Waals surface area contributed by atoms with Crippen molar-refractivity contribution < 1.29 is 4.98 Å². The van der Waals surface area contributed by atoms with Gasteiger partial charge in [-0.3, -0.25) is 0 Å². The van der Waals surface area contributed by atoms with E-state index in [1.807, 2.05) is 30.5 Å². The first-order valence-corrected chi connectivity index (χ1v) is 8.27. The number of thioether (sulfide) groups is 2. The molecule has 2 rings (SSSR count). The Labute approximate surface area is 130 Å². The summed E-state index contributed by atoms with van der Waals surface area (Å²) in [6.45, 7) is 0. The van der Waals surface area contributed by atoms with Crippen LogP contribution in [0.5, 0.6) is 0 Å². The molecule has 1 heterocycles. The Hall–Kier alpha value is -1.42. The van der Waals surface area contributed by atoms with Crippen LogP contribution in [0.25, 0.3) is 0 Å². The standard InChI is InChI=1S/C13H11ClN4S2/c1-19-12-9(6-15)11(16)17-13(18-12)20-7-8-4-2-3-5-10(8)14/h2-5H,7H2,1H3,(H2,16,17,18)/p+1. The second kappa shape index (κ2) is 6.84. The summed E-state index contributed by atoms with van der Waals surface area (Å²) in [5.41, 5.74) is 7.22. The van der Waals surface area contributed by atoms with Gasteiger partial charge in [0.2, 0.25) is 0 Å². The van der Waals surface area contributed by atoms with Crippen LogP contribution in [0.1, 0.15) is 11.1 Å². The molecule has 2 aromatic rings. The highest BCUT2D eigenvalue weighted by molar-refractivity contribution is 7.98. The van der Waals surface area contributed by atoms with E-state index in [2.05, 4.69) is 16.0 Å². The minimum Gasteiger partial charge on any atom is -0.362 e. The van der Waals surface area contributed by atoms with E-state index in [9.17, 15) is 0 Å². The number of benzene rings is 1. The lowest BCUT2D eigenvalue weighted by Gasteiger charge is -2.02. The lowest BCUT2D eigenvalue weighted by Crippen LogP contribution is -2.16. The fourth-order valence-electron chi connectivity index (χ4n) is 1.56. The van der Waals surface area contributed by atoms with Crippen molar-refractivity contribution in [3.05, 3.63) is 40.4 Å². The molecule has 0 amide bonds. The van der Waals surface area contributed by atoms with Crippen molar-refractivity contribution in [1.82, 2.24) is 4.98 Å². The van der Waals surface area contributed by atoms with E-state index in [1.54, 1.807) is 0 Å². The lowest BCUT2D eigenvalue weighted by atomic mass is 10.2. The number of nitrogens with two attached hydrogens (primary N) is 1. The summed E-state index contributed by atoms with van der Waals surface area (Å²) in [7, 11) is 0. The van der Waals surface area contributed by atoms with Crippen LogP contribution in [0.4, 0.5) is 5.82 Å². The van der Waals surface area contributed by atoms with Gasteiger partial charge in [0.15, 0.2) is 10.6 Å². The number of hydrogen-bond donors (Lipinski definition) is 1.